The van der Waals surface area contributed by atoms with Crippen LogP contribution in [0.15, 0.2) is 24.3 Å². The van der Waals surface area contributed by atoms with Gasteiger partial charge in [-0.2, -0.15) is 0 Å². The van der Waals surface area contributed by atoms with Gasteiger partial charge in [0.05, 0.1) is 5.41 Å². The molecular formula is C21H29FN2O3. The fraction of sp³-hybridized carbons (Fsp3) is 0.619. The van der Waals surface area contributed by atoms with Crippen LogP contribution in [0.3, 0.4) is 0 Å². The molecule has 2 amide bonds. The third-order valence-corrected chi connectivity index (χ3v) is 5.44. The molecule has 1 atom stereocenters. The number of rotatable bonds is 3. The average Bonchev–Trinajstić information content (AvgIpc) is 2.54. The van der Waals surface area contributed by atoms with Gasteiger partial charge in [0.2, 0.25) is 5.91 Å². The number of benzene rings is 1. The van der Waals surface area contributed by atoms with E-state index in [4.69, 9.17) is 4.74 Å². The standard InChI is InChI=1S/C21H29FN2O3/c1-20(2,3)27-19(26)23-17-6-4-13-24(14-17)18(25)21(11-5-12-21)15-7-9-16(22)10-8-15/h7-10,17H,4-6,11-14H2,1-3H3,(H,23,26). The molecule has 1 heterocycles. The highest BCUT2D eigenvalue weighted by molar-refractivity contribution is 5.89. The van der Waals surface area contributed by atoms with Crippen molar-refractivity contribution in [2.24, 2.45) is 0 Å². The lowest BCUT2D eigenvalue weighted by molar-refractivity contribution is -0.142. The maximum absolute atomic E-state index is 13.3. The first-order valence-corrected chi connectivity index (χ1v) is 9.75. The van der Waals surface area contributed by atoms with Crippen molar-refractivity contribution in [1.29, 1.82) is 0 Å². The lowest BCUT2D eigenvalue weighted by atomic mass is 9.63. The highest BCUT2D eigenvalue weighted by atomic mass is 19.1. The highest BCUT2D eigenvalue weighted by Crippen LogP contribution is 2.45. The zero-order chi connectivity index (χ0) is 19.7. The van der Waals surface area contributed by atoms with Gasteiger partial charge >= 0.3 is 6.09 Å². The minimum atomic E-state index is -0.549. The van der Waals surface area contributed by atoms with Crippen molar-refractivity contribution in [1.82, 2.24) is 10.2 Å². The maximum atomic E-state index is 13.3. The summed E-state index contributed by atoms with van der Waals surface area (Å²) in [4.78, 5) is 27.2. The van der Waals surface area contributed by atoms with Gasteiger partial charge in [0.15, 0.2) is 0 Å². The molecule has 1 N–H and O–H groups in total. The Morgan fingerprint density at radius 2 is 1.85 bits per heavy atom. The van der Waals surface area contributed by atoms with Crippen molar-refractivity contribution in [2.75, 3.05) is 13.1 Å². The first-order chi connectivity index (χ1) is 12.7. The van der Waals surface area contributed by atoms with Gasteiger partial charge in [0.25, 0.3) is 0 Å². The second-order valence-corrected chi connectivity index (χ2v) is 8.68. The zero-order valence-corrected chi connectivity index (χ0v) is 16.4. The van der Waals surface area contributed by atoms with Gasteiger partial charge in [0, 0.05) is 19.1 Å². The third kappa shape index (κ3) is 4.42. The zero-order valence-electron chi connectivity index (χ0n) is 16.4. The molecular weight excluding hydrogens is 347 g/mol. The van der Waals surface area contributed by atoms with Gasteiger partial charge in [-0.1, -0.05) is 18.6 Å². The summed E-state index contributed by atoms with van der Waals surface area (Å²) in [6, 6.07) is 6.19. The van der Waals surface area contributed by atoms with Crippen LogP contribution >= 0.6 is 0 Å². The number of piperidine rings is 1. The van der Waals surface area contributed by atoms with Crippen molar-refractivity contribution < 1.29 is 18.7 Å². The maximum Gasteiger partial charge on any atom is 0.407 e. The van der Waals surface area contributed by atoms with E-state index in [9.17, 15) is 14.0 Å². The topological polar surface area (TPSA) is 58.6 Å². The molecule has 0 aromatic heterocycles. The number of alkyl carbamates (subject to hydrolysis) is 1. The van der Waals surface area contributed by atoms with Crippen molar-refractivity contribution in [2.45, 2.75) is 69.9 Å². The van der Waals surface area contributed by atoms with Crippen LogP contribution in [-0.4, -0.2) is 41.6 Å². The SMILES string of the molecule is CC(C)(C)OC(=O)NC1CCCN(C(=O)C2(c3ccc(F)cc3)CCC2)C1. The summed E-state index contributed by atoms with van der Waals surface area (Å²) in [5, 5.41) is 2.89. The minimum absolute atomic E-state index is 0.0936. The molecule has 1 saturated carbocycles. The Hall–Kier alpha value is -2.11. The van der Waals surface area contributed by atoms with Crippen LogP contribution in [0.2, 0.25) is 0 Å². The van der Waals surface area contributed by atoms with E-state index in [0.29, 0.717) is 13.1 Å². The average molecular weight is 376 g/mol. The van der Waals surface area contributed by atoms with Crippen LogP contribution in [0, 0.1) is 5.82 Å². The second kappa shape index (κ2) is 7.49. The molecule has 0 bridgehead atoms. The molecule has 1 aliphatic heterocycles. The predicted octanol–water partition coefficient (Wildman–Crippen LogP) is 3.76. The summed E-state index contributed by atoms with van der Waals surface area (Å²) in [7, 11) is 0. The number of hydrogen-bond acceptors (Lipinski definition) is 3. The van der Waals surface area contributed by atoms with E-state index < -0.39 is 17.1 Å². The predicted molar refractivity (Wildman–Crippen MR) is 101 cm³/mol. The number of likely N-dealkylation sites (tertiary alicyclic amines) is 1. The van der Waals surface area contributed by atoms with Crippen molar-refractivity contribution in [3.05, 3.63) is 35.6 Å². The molecule has 6 heteroatoms. The summed E-state index contributed by atoms with van der Waals surface area (Å²) in [6.07, 6.45) is 3.80. The molecule has 0 spiro atoms. The van der Waals surface area contributed by atoms with E-state index >= 15 is 0 Å². The first kappa shape index (κ1) is 19.6. The van der Waals surface area contributed by atoms with Crippen LogP contribution in [0.1, 0.15) is 58.4 Å². The smallest absolute Gasteiger partial charge is 0.407 e. The lowest BCUT2D eigenvalue weighted by Crippen LogP contribution is -2.57. The number of halogens is 1. The Morgan fingerprint density at radius 3 is 2.41 bits per heavy atom. The van der Waals surface area contributed by atoms with E-state index in [2.05, 4.69) is 5.32 Å². The molecule has 2 aliphatic rings. The van der Waals surface area contributed by atoms with E-state index in [1.54, 1.807) is 12.1 Å². The van der Waals surface area contributed by atoms with Crippen molar-refractivity contribution in [3.63, 3.8) is 0 Å². The van der Waals surface area contributed by atoms with Gasteiger partial charge < -0.3 is 15.0 Å². The quantitative estimate of drug-likeness (QED) is 0.874. The molecule has 5 nitrogen and oxygen atoms in total. The normalized spacial score (nSPS) is 21.9. The number of nitrogens with zero attached hydrogens (tertiary/aromatic N) is 1. The van der Waals surface area contributed by atoms with Crippen LogP contribution < -0.4 is 5.32 Å². The van der Waals surface area contributed by atoms with Crippen molar-refractivity contribution in [3.8, 4) is 0 Å². The number of hydrogen-bond donors (Lipinski definition) is 1. The molecule has 1 unspecified atom stereocenters. The third-order valence-electron chi connectivity index (χ3n) is 5.44. The number of amides is 2. The Labute approximate surface area is 160 Å². The summed E-state index contributed by atoms with van der Waals surface area (Å²) in [5.41, 5.74) is -0.198. The first-order valence-electron chi connectivity index (χ1n) is 9.75. The summed E-state index contributed by atoms with van der Waals surface area (Å²) in [5.74, 6) is -0.198. The summed E-state index contributed by atoms with van der Waals surface area (Å²) < 4.78 is 18.6. The summed E-state index contributed by atoms with van der Waals surface area (Å²) >= 11 is 0. The molecule has 27 heavy (non-hydrogen) atoms. The molecule has 2 fully saturated rings. The Kier molecular flexibility index (Phi) is 5.45. The number of ether oxygens (including phenoxy) is 1. The Balaban J connectivity index is 1.67. The molecule has 0 radical (unpaired) electrons. The fourth-order valence-corrected chi connectivity index (χ4v) is 3.98. The van der Waals surface area contributed by atoms with Crippen LogP contribution in [0.5, 0.6) is 0 Å². The largest absolute Gasteiger partial charge is 0.444 e. The molecule has 1 saturated heterocycles. The number of carbonyl (C=O) groups is 2. The van der Waals surface area contributed by atoms with Gasteiger partial charge in [-0.15, -0.1) is 0 Å². The second-order valence-electron chi connectivity index (χ2n) is 8.68. The Morgan fingerprint density at radius 1 is 1.19 bits per heavy atom. The van der Waals surface area contributed by atoms with Gasteiger partial charge in [-0.3, -0.25) is 4.79 Å². The van der Waals surface area contributed by atoms with Crippen LogP contribution in [0.25, 0.3) is 0 Å². The molecule has 1 aliphatic carbocycles. The lowest BCUT2D eigenvalue weighted by Gasteiger charge is -2.46. The molecule has 3 rings (SSSR count). The van der Waals surface area contributed by atoms with Gasteiger partial charge in [-0.25, -0.2) is 9.18 Å². The molecule has 148 valence electrons. The van der Waals surface area contributed by atoms with E-state index in [-0.39, 0.29) is 17.8 Å². The summed E-state index contributed by atoms with van der Waals surface area (Å²) in [6.45, 7) is 6.65. The van der Waals surface area contributed by atoms with Crippen LogP contribution in [0.4, 0.5) is 9.18 Å². The van der Waals surface area contributed by atoms with Crippen LogP contribution in [-0.2, 0) is 14.9 Å². The van der Waals surface area contributed by atoms with Gasteiger partial charge in [0.1, 0.15) is 11.4 Å². The van der Waals surface area contributed by atoms with E-state index in [0.717, 1.165) is 37.7 Å². The van der Waals surface area contributed by atoms with Gasteiger partial charge in [-0.05, 0) is 64.2 Å². The monoisotopic (exact) mass is 376 g/mol. The minimum Gasteiger partial charge on any atom is -0.444 e. The van der Waals surface area contributed by atoms with Crippen molar-refractivity contribution >= 4 is 12.0 Å². The number of carbonyl (C=O) groups excluding carboxylic acids is 2. The molecule has 1 aromatic rings. The molecule has 1 aromatic carbocycles. The van der Waals surface area contributed by atoms with E-state index in [1.807, 2.05) is 25.7 Å². The Bertz CT molecular complexity index is 692. The fourth-order valence-electron chi connectivity index (χ4n) is 3.98. The number of nitrogens with one attached hydrogen (secondary N) is 1. The highest BCUT2D eigenvalue weighted by Gasteiger charge is 2.48. The van der Waals surface area contributed by atoms with E-state index in [1.165, 1.54) is 12.1 Å².